The molecule has 0 spiro atoms. The van der Waals surface area contributed by atoms with E-state index >= 15 is 0 Å². The number of methoxy groups -OCH3 is 2. The van der Waals surface area contributed by atoms with Crippen LogP contribution in [0.1, 0.15) is 21.6 Å². The zero-order valence-electron chi connectivity index (χ0n) is 14.9. The number of ether oxygens (including phenoxy) is 2. The van der Waals surface area contributed by atoms with E-state index in [-0.39, 0.29) is 11.7 Å². The third kappa shape index (κ3) is 5.25. The highest BCUT2D eigenvalue weighted by atomic mass is 32.2. The summed E-state index contributed by atoms with van der Waals surface area (Å²) in [4.78, 5) is 19.4. The standard InChI is InChI=1S/C17H18F3N3O3S/c1-25-12-5-4-10(8-13(12)26-2)6-7-21-15(24)11-9-22-16(27-3)23-14(11)17(18,19)20/h4-5,8-9H,6-7H2,1-3H3,(H,21,24). The maximum absolute atomic E-state index is 13.2. The third-order valence-corrected chi connectivity index (χ3v) is 4.17. The molecule has 1 heterocycles. The molecule has 1 aromatic carbocycles. The van der Waals surface area contributed by atoms with Crippen molar-refractivity contribution in [2.45, 2.75) is 17.8 Å². The van der Waals surface area contributed by atoms with Crippen LogP contribution < -0.4 is 14.8 Å². The number of rotatable bonds is 7. The molecule has 0 fully saturated rings. The van der Waals surface area contributed by atoms with E-state index in [1.807, 2.05) is 0 Å². The predicted molar refractivity (Wildman–Crippen MR) is 94.4 cm³/mol. The minimum Gasteiger partial charge on any atom is -0.493 e. The number of aromatic nitrogens is 2. The number of carbonyl (C=O) groups is 1. The maximum Gasteiger partial charge on any atom is 0.434 e. The Kier molecular flexibility index (Phi) is 6.89. The quantitative estimate of drug-likeness (QED) is 0.567. The Bertz CT molecular complexity index is 816. The van der Waals surface area contributed by atoms with Crippen LogP contribution in [0.5, 0.6) is 11.5 Å². The summed E-state index contributed by atoms with van der Waals surface area (Å²) in [7, 11) is 3.01. The van der Waals surface area contributed by atoms with E-state index in [0.29, 0.717) is 17.9 Å². The van der Waals surface area contributed by atoms with Gasteiger partial charge in [0.25, 0.3) is 5.91 Å². The largest absolute Gasteiger partial charge is 0.493 e. The van der Waals surface area contributed by atoms with Gasteiger partial charge in [0, 0.05) is 12.7 Å². The van der Waals surface area contributed by atoms with Crippen LogP contribution in [0, 0.1) is 0 Å². The molecule has 1 amide bonds. The van der Waals surface area contributed by atoms with Gasteiger partial charge < -0.3 is 14.8 Å². The van der Waals surface area contributed by atoms with Gasteiger partial charge in [-0.1, -0.05) is 17.8 Å². The first-order valence-electron chi connectivity index (χ1n) is 7.77. The summed E-state index contributed by atoms with van der Waals surface area (Å²) >= 11 is 0.965. The smallest absolute Gasteiger partial charge is 0.434 e. The van der Waals surface area contributed by atoms with Crippen LogP contribution in [0.4, 0.5) is 13.2 Å². The molecule has 0 radical (unpaired) electrons. The molecule has 6 nitrogen and oxygen atoms in total. The molecule has 2 aromatic rings. The van der Waals surface area contributed by atoms with Crippen molar-refractivity contribution in [1.29, 1.82) is 0 Å². The number of benzene rings is 1. The molecule has 2 rings (SSSR count). The molecule has 27 heavy (non-hydrogen) atoms. The highest BCUT2D eigenvalue weighted by Gasteiger charge is 2.38. The zero-order chi connectivity index (χ0) is 20.0. The SMILES string of the molecule is COc1ccc(CCNC(=O)c2cnc(SC)nc2C(F)(F)F)cc1OC. The molecular formula is C17H18F3N3O3S. The molecule has 0 aliphatic heterocycles. The summed E-state index contributed by atoms with van der Waals surface area (Å²) in [6.07, 6.45) is -1.90. The lowest BCUT2D eigenvalue weighted by molar-refractivity contribution is -0.142. The van der Waals surface area contributed by atoms with E-state index < -0.39 is 23.3 Å². The summed E-state index contributed by atoms with van der Waals surface area (Å²) in [6, 6.07) is 5.24. The Morgan fingerprint density at radius 2 is 1.93 bits per heavy atom. The maximum atomic E-state index is 13.2. The number of amides is 1. The van der Waals surface area contributed by atoms with Gasteiger partial charge in [-0.3, -0.25) is 4.79 Å². The van der Waals surface area contributed by atoms with E-state index in [1.165, 1.54) is 14.2 Å². The van der Waals surface area contributed by atoms with Crippen LogP contribution in [0.2, 0.25) is 0 Å². The van der Waals surface area contributed by atoms with Crippen molar-refractivity contribution in [3.05, 3.63) is 41.2 Å². The Hall–Kier alpha value is -2.49. The van der Waals surface area contributed by atoms with Crippen molar-refractivity contribution in [2.75, 3.05) is 27.0 Å². The number of hydrogen-bond donors (Lipinski definition) is 1. The number of alkyl halides is 3. The van der Waals surface area contributed by atoms with Crippen molar-refractivity contribution in [1.82, 2.24) is 15.3 Å². The fourth-order valence-corrected chi connectivity index (χ4v) is 2.64. The van der Waals surface area contributed by atoms with E-state index in [1.54, 1.807) is 24.5 Å². The van der Waals surface area contributed by atoms with Crippen molar-refractivity contribution < 1.29 is 27.4 Å². The lowest BCUT2D eigenvalue weighted by atomic mass is 10.1. The van der Waals surface area contributed by atoms with Gasteiger partial charge in [0.15, 0.2) is 22.3 Å². The normalized spacial score (nSPS) is 11.2. The van der Waals surface area contributed by atoms with Crippen LogP contribution in [0.25, 0.3) is 0 Å². The first-order valence-corrected chi connectivity index (χ1v) is 9.00. The molecule has 1 aromatic heterocycles. The average molecular weight is 401 g/mol. The van der Waals surface area contributed by atoms with Crippen LogP contribution >= 0.6 is 11.8 Å². The first-order chi connectivity index (χ1) is 12.8. The molecule has 10 heteroatoms. The van der Waals surface area contributed by atoms with Crippen molar-refractivity contribution in [2.24, 2.45) is 0 Å². The molecule has 0 saturated heterocycles. The summed E-state index contributed by atoms with van der Waals surface area (Å²) in [6.45, 7) is 0.135. The van der Waals surface area contributed by atoms with Gasteiger partial charge in [-0.25, -0.2) is 9.97 Å². The number of hydrogen-bond acceptors (Lipinski definition) is 6. The van der Waals surface area contributed by atoms with Crippen LogP contribution in [-0.4, -0.2) is 42.9 Å². The second kappa shape index (κ2) is 8.94. The van der Waals surface area contributed by atoms with E-state index in [9.17, 15) is 18.0 Å². The number of carbonyl (C=O) groups excluding carboxylic acids is 1. The Morgan fingerprint density at radius 1 is 1.22 bits per heavy atom. The topological polar surface area (TPSA) is 73.3 Å². The molecule has 146 valence electrons. The van der Waals surface area contributed by atoms with E-state index in [2.05, 4.69) is 15.3 Å². The summed E-state index contributed by atoms with van der Waals surface area (Å²) in [5.74, 6) is 0.211. The lowest BCUT2D eigenvalue weighted by Gasteiger charge is -2.13. The fourth-order valence-electron chi connectivity index (χ4n) is 2.30. The molecule has 1 N–H and O–H groups in total. The molecule has 0 atom stereocenters. The lowest BCUT2D eigenvalue weighted by Crippen LogP contribution is -2.29. The highest BCUT2D eigenvalue weighted by molar-refractivity contribution is 7.98. The van der Waals surface area contributed by atoms with Gasteiger partial charge in [-0.2, -0.15) is 13.2 Å². The number of halogens is 3. The zero-order valence-corrected chi connectivity index (χ0v) is 15.7. The second-order valence-corrected chi connectivity index (χ2v) is 6.09. The Balaban J connectivity index is 2.08. The fraction of sp³-hybridized carbons (Fsp3) is 0.353. The minimum atomic E-state index is -4.75. The van der Waals surface area contributed by atoms with E-state index in [4.69, 9.17) is 9.47 Å². The number of thioether (sulfide) groups is 1. The molecule has 0 bridgehead atoms. The molecule has 0 unspecified atom stereocenters. The third-order valence-electron chi connectivity index (χ3n) is 3.61. The van der Waals surface area contributed by atoms with Gasteiger partial charge in [0.1, 0.15) is 0 Å². The van der Waals surface area contributed by atoms with Gasteiger partial charge in [0.2, 0.25) is 0 Å². The van der Waals surface area contributed by atoms with Gasteiger partial charge in [-0.15, -0.1) is 0 Å². The molecule has 0 saturated carbocycles. The number of nitrogens with one attached hydrogen (secondary N) is 1. The monoisotopic (exact) mass is 401 g/mol. The van der Waals surface area contributed by atoms with E-state index in [0.717, 1.165) is 23.5 Å². The van der Waals surface area contributed by atoms with Gasteiger partial charge in [-0.05, 0) is 30.4 Å². The molecular weight excluding hydrogens is 383 g/mol. The van der Waals surface area contributed by atoms with Gasteiger partial charge >= 0.3 is 6.18 Å². The van der Waals surface area contributed by atoms with Crippen LogP contribution in [-0.2, 0) is 12.6 Å². The Morgan fingerprint density at radius 3 is 2.52 bits per heavy atom. The minimum absolute atomic E-state index is 0.0517. The second-order valence-electron chi connectivity index (χ2n) is 5.31. The molecule has 0 aliphatic rings. The number of nitrogens with zero attached hydrogens (tertiary/aromatic N) is 2. The first kappa shape index (κ1) is 20.8. The van der Waals surface area contributed by atoms with Gasteiger partial charge in [0.05, 0.1) is 19.8 Å². The summed E-state index contributed by atoms with van der Waals surface area (Å²) < 4.78 is 49.8. The molecule has 0 aliphatic carbocycles. The van der Waals surface area contributed by atoms with Crippen LogP contribution in [0.15, 0.2) is 29.6 Å². The average Bonchev–Trinajstić information content (AvgIpc) is 2.66. The van der Waals surface area contributed by atoms with Crippen molar-refractivity contribution >= 4 is 17.7 Å². The summed E-state index contributed by atoms with van der Waals surface area (Å²) in [5.41, 5.74) is -1.02. The summed E-state index contributed by atoms with van der Waals surface area (Å²) in [5, 5.41) is 2.41. The van der Waals surface area contributed by atoms with Crippen molar-refractivity contribution in [3.8, 4) is 11.5 Å². The highest BCUT2D eigenvalue weighted by Crippen LogP contribution is 2.31. The van der Waals surface area contributed by atoms with Crippen molar-refractivity contribution in [3.63, 3.8) is 0 Å². The Labute approximate surface area is 158 Å². The van der Waals surface area contributed by atoms with Crippen LogP contribution in [0.3, 0.4) is 0 Å². The predicted octanol–water partition coefficient (Wildman–Crippen LogP) is 3.21.